The van der Waals surface area contributed by atoms with E-state index in [4.69, 9.17) is 0 Å². The van der Waals surface area contributed by atoms with Gasteiger partial charge in [0.15, 0.2) is 0 Å². The van der Waals surface area contributed by atoms with Gasteiger partial charge in [-0.15, -0.1) is 0 Å². The minimum absolute atomic E-state index is 0.125. The zero-order valence-electron chi connectivity index (χ0n) is 40.2. The van der Waals surface area contributed by atoms with Crippen LogP contribution < -0.4 is 0 Å². The zero-order valence-corrected chi connectivity index (χ0v) is 40.2. The second kappa shape index (κ2) is 19.0. The Kier molecular flexibility index (Phi) is 13.1. The van der Waals surface area contributed by atoms with E-state index in [0.717, 1.165) is 50.1 Å². The summed E-state index contributed by atoms with van der Waals surface area (Å²) in [5, 5.41) is 88.7. The molecule has 0 radical (unpaired) electrons. The van der Waals surface area contributed by atoms with E-state index in [1.807, 2.05) is 139 Å². The van der Waals surface area contributed by atoms with Crippen LogP contribution in [0.25, 0.3) is 0 Å². The minimum Gasteiger partial charge on any atom is -0.508 e. The van der Waals surface area contributed by atoms with Crippen molar-refractivity contribution in [2.24, 2.45) is 0 Å². The van der Waals surface area contributed by atoms with Crippen LogP contribution in [0.5, 0.6) is 46.0 Å². The first-order valence-corrected chi connectivity index (χ1v) is 23.2. The van der Waals surface area contributed by atoms with Gasteiger partial charge in [0, 0.05) is 37.5 Å². The van der Waals surface area contributed by atoms with Crippen LogP contribution >= 0.6 is 0 Å². The maximum absolute atomic E-state index is 12.3. The predicted octanol–water partition coefficient (Wildman–Crippen LogP) is 12.5. The maximum Gasteiger partial charge on any atom is 0.122 e. The number of hydrogen-bond acceptors (Lipinski definition) is 8. The molecular weight excluding hydrogens is 861 g/mol. The molecule has 0 saturated heterocycles. The Morgan fingerprint density at radius 3 is 0.725 bits per heavy atom. The van der Waals surface area contributed by atoms with Crippen molar-refractivity contribution < 1.29 is 40.9 Å². The smallest absolute Gasteiger partial charge is 0.122 e. The van der Waals surface area contributed by atoms with Crippen molar-refractivity contribution in [3.05, 3.63) is 233 Å². The van der Waals surface area contributed by atoms with Crippen LogP contribution in [0.1, 0.15) is 113 Å². The number of phenolic OH excluding ortho intramolecular Hbond substituents is 8. The Morgan fingerprint density at radius 2 is 0.493 bits per heavy atom. The summed E-state index contributed by atoms with van der Waals surface area (Å²) in [5.41, 5.74) is 13.4. The summed E-state index contributed by atoms with van der Waals surface area (Å²) < 4.78 is 0. The van der Waals surface area contributed by atoms with Crippen molar-refractivity contribution in [2.75, 3.05) is 0 Å². The van der Waals surface area contributed by atoms with Crippen LogP contribution in [0, 0.1) is 41.5 Å². The number of phenols is 8. The molecule has 8 aromatic rings. The minimum atomic E-state index is -1.04. The summed E-state index contributed by atoms with van der Waals surface area (Å²) in [6.45, 7) is 13.2. The highest BCUT2D eigenvalue weighted by Gasteiger charge is 2.35. The third kappa shape index (κ3) is 9.93. The molecule has 0 saturated carbocycles. The molecule has 0 fully saturated rings. The first-order valence-electron chi connectivity index (χ1n) is 23.2. The van der Waals surface area contributed by atoms with E-state index in [-0.39, 0.29) is 46.0 Å². The molecule has 352 valence electrons. The summed E-state index contributed by atoms with van der Waals surface area (Å²) >= 11 is 0. The van der Waals surface area contributed by atoms with Crippen LogP contribution in [-0.2, 0) is 37.5 Å². The van der Waals surface area contributed by atoms with E-state index < -0.39 is 5.41 Å². The fourth-order valence-corrected chi connectivity index (χ4v) is 9.65. The third-order valence-electron chi connectivity index (χ3n) is 13.9. The molecule has 0 amide bonds. The molecule has 0 aliphatic carbocycles. The van der Waals surface area contributed by atoms with E-state index in [1.165, 1.54) is 0 Å². The number of aryl methyl sites for hydroxylation is 6. The zero-order chi connectivity index (χ0) is 49.5. The number of benzene rings is 8. The second-order valence-electron chi connectivity index (χ2n) is 19.2. The Morgan fingerprint density at radius 1 is 0.275 bits per heavy atom. The quantitative estimate of drug-likeness (QED) is 0.0530. The van der Waals surface area contributed by atoms with Crippen LogP contribution in [-0.4, -0.2) is 40.9 Å². The molecule has 8 rings (SSSR count). The topological polar surface area (TPSA) is 162 Å². The van der Waals surface area contributed by atoms with Gasteiger partial charge >= 0.3 is 0 Å². The van der Waals surface area contributed by atoms with Gasteiger partial charge in [0.25, 0.3) is 0 Å². The first-order chi connectivity index (χ1) is 32.8. The van der Waals surface area contributed by atoms with Gasteiger partial charge in [-0.1, -0.05) is 97.1 Å². The number of aromatic hydroxyl groups is 8. The maximum atomic E-state index is 12.3. The monoisotopic (exact) mass is 920 g/mol. The number of hydrogen-bond donors (Lipinski definition) is 8. The highest BCUT2D eigenvalue weighted by atomic mass is 16.3. The lowest BCUT2D eigenvalue weighted by atomic mass is 9.68. The lowest BCUT2D eigenvalue weighted by Crippen LogP contribution is -2.27. The summed E-state index contributed by atoms with van der Waals surface area (Å²) in [4.78, 5) is 0. The summed E-state index contributed by atoms with van der Waals surface area (Å²) in [6, 6.07) is 39.3. The molecule has 0 aromatic heterocycles. The molecule has 0 heterocycles. The molecule has 0 spiro atoms. The van der Waals surface area contributed by atoms with Gasteiger partial charge in [0.2, 0.25) is 0 Å². The summed E-state index contributed by atoms with van der Waals surface area (Å²) in [7, 11) is 0. The third-order valence-corrected chi connectivity index (χ3v) is 13.9. The van der Waals surface area contributed by atoms with Gasteiger partial charge in [-0.25, -0.2) is 0 Å². The average molecular weight is 921 g/mol. The SMILES string of the molecule is Cc1cc(Cc2cc(C(C)(c3cc(Cc4ccc(O)c(C)c4)c(O)c(Cc4ccc(O)c(C)c4)c3)c3cc(Cc4ccc(O)c(C)c4)c(O)c(Cc4ccc(O)c(C)c4)c3)cc(C)c2O)ccc1O. The van der Waals surface area contributed by atoms with Crippen LogP contribution in [0.15, 0.2) is 127 Å². The molecular formula is C61H60O8. The van der Waals surface area contributed by atoms with Crippen molar-refractivity contribution in [1.82, 2.24) is 0 Å². The van der Waals surface area contributed by atoms with Crippen LogP contribution in [0.2, 0.25) is 0 Å². The molecule has 8 heteroatoms. The molecule has 69 heavy (non-hydrogen) atoms. The van der Waals surface area contributed by atoms with E-state index in [1.54, 1.807) is 30.3 Å². The molecule has 0 bridgehead atoms. The Labute approximate surface area is 404 Å². The summed E-state index contributed by atoms with van der Waals surface area (Å²) in [6.07, 6.45) is 1.72. The molecule has 0 aliphatic heterocycles. The Balaban J connectivity index is 1.42. The Bertz CT molecular complexity index is 2960. The largest absolute Gasteiger partial charge is 0.508 e. The van der Waals surface area contributed by atoms with E-state index in [0.29, 0.717) is 87.7 Å². The van der Waals surface area contributed by atoms with E-state index >= 15 is 0 Å². The standard InChI is InChI=1S/C61H60O8/c1-34-18-40(8-13-53(34)62)24-45-29-50(23-39(6)58(45)67)61(7,51-30-46(25-41-9-14-54(63)35(2)19-41)59(68)47(31-51)26-42-10-15-55(64)36(3)20-42)52-32-48(27-43-11-16-56(65)37(4)21-43)60(69)49(33-52)28-44-12-17-57(66)38(5)22-44/h8-23,29-33,62-69H,24-28H2,1-7H3. The molecule has 0 unspecified atom stereocenters. The first kappa shape index (κ1) is 47.6. The molecule has 8 N–H and O–H groups in total. The van der Waals surface area contributed by atoms with Crippen molar-refractivity contribution in [3.63, 3.8) is 0 Å². The number of rotatable bonds is 13. The average Bonchev–Trinajstić information content (AvgIpc) is 3.30. The van der Waals surface area contributed by atoms with Gasteiger partial charge in [-0.05, 0) is 185 Å². The second-order valence-corrected chi connectivity index (χ2v) is 19.2. The van der Waals surface area contributed by atoms with Crippen molar-refractivity contribution in [1.29, 1.82) is 0 Å². The lowest BCUT2D eigenvalue weighted by Gasteiger charge is -2.35. The fourth-order valence-electron chi connectivity index (χ4n) is 9.65. The molecule has 0 atom stereocenters. The van der Waals surface area contributed by atoms with Gasteiger partial charge in [0.1, 0.15) is 46.0 Å². The highest BCUT2D eigenvalue weighted by molar-refractivity contribution is 5.62. The molecule has 0 aliphatic rings. The van der Waals surface area contributed by atoms with Crippen LogP contribution in [0.4, 0.5) is 0 Å². The Hall–Kier alpha value is -7.84. The normalized spacial score (nSPS) is 11.6. The van der Waals surface area contributed by atoms with Gasteiger partial charge in [-0.3, -0.25) is 0 Å². The van der Waals surface area contributed by atoms with Gasteiger partial charge < -0.3 is 40.9 Å². The lowest BCUT2D eigenvalue weighted by molar-refractivity contribution is 0.461. The molecule has 8 aromatic carbocycles. The summed E-state index contributed by atoms with van der Waals surface area (Å²) in [5.74, 6) is 1.31. The van der Waals surface area contributed by atoms with Gasteiger partial charge in [0.05, 0.1) is 0 Å². The van der Waals surface area contributed by atoms with Crippen molar-refractivity contribution in [2.45, 2.75) is 86.0 Å². The van der Waals surface area contributed by atoms with Crippen molar-refractivity contribution in [3.8, 4) is 46.0 Å². The van der Waals surface area contributed by atoms with Crippen molar-refractivity contribution >= 4 is 0 Å². The highest BCUT2D eigenvalue weighted by Crippen LogP contribution is 2.47. The van der Waals surface area contributed by atoms with Crippen LogP contribution in [0.3, 0.4) is 0 Å². The van der Waals surface area contributed by atoms with E-state index in [9.17, 15) is 40.9 Å². The van der Waals surface area contributed by atoms with E-state index in [2.05, 4.69) is 6.92 Å². The fraction of sp³-hybridized carbons (Fsp3) is 0.213. The molecule has 8 nitrogen and oxygen atoms in total. The predicted molar refractivity (Wildman–Crippen MR) is 273 cm³/mol. The van der Waals surface area contributed by atoms with Gasteiger partial charge in [-0.2, -0.15) is 0 Å².